The summed E-state index contributed by atoms with van der Waals surface area (Å²) in [5, 5.41) is 7.94. The molecule has 11 nitrogen and oxygen atoms in total. The molecule has 3 heterocycles. The topological polar surface area (TPSA) is 162 Å². The number of aromatic amines is 1. The molecule has 2 aliphatic rings. The van der Waals surface area contributed by atoms with Crippen LogP contribution in [-0.4, -0.2) is 68.8 Å². The molecule has 28 heavy (non-hydrogen) atoms. The third kappa shape index (κ3) is 3.92. The second-order valence-corrected chi connectivity index (χ2v) is 7.67. The predicted octanol–water partition coefficient (Wildman–Crippen LogP) is -1.63. The van der Waals surface area contributed by atoms with E-state index in [9.17, 15) is 19.2 Å². The molecule has 5 amide bonds. The van der Waals surface area contributed by atoms with E-state index < -0.39 is 47.4 Å². The van der Waals surface area contributed by atoms with Gasteiger partial charge in [-0.25, -0.2) is 9.78 Å². The molecule has 0 spiro atoms. The number of amides is 5. The number of rotatable bonds is 6. The number of nitrogens with one attached hydrogen (secondary N) is 4. The van der Waals surface area contributed by atoms with Crippen molar-refractivity contribution < 1.29 is 19.2 Å². The number of nitrogens with zero attached hydrogens (tertiary/aromatic N) is 2. The number of imidazole rings is 1. The van der Waals surface area contributed by atoms with E-state index in [0.29, 0.717) is 25.1 Å². The molecule has 0 radical (unpaired) electrons. The summed E-state index contributed by atoms with van der Waals surface area (Å²) in [4.78, 5) is 57.6. The van der Waals surface area contributed by atoms with Crippen molar-refractivity contribution in [1.29, 1.82) is 0 Å². The molecular formula is C17H25N7O4. The van der Waals surface area contributed by atoms with E-state index in [0.717, 1.165) is 0 Å². The van der Waals surface area contributed by atoms with Gasteiger partial charge in [-0.15, -0.1) is 0 Å². The van der Waals surface area contributed by atoms with Crippen LogP contribution in [0.5, 0.6) is 0 Å². The van der Waals surface area contributed by atoms with Crippen LogP contribution in [0.3, 0.4) is 0 Å². The Bertz CT molecular complexity index is 776. The zero-order valence-electron chi connectivity index (χ0n) is 15.8. The molecule has 3 unspecified atom stereocenters. The van der Waals surface area contributed by atoms with Crippen molar-refractivity contribution in [3.8, 4) is 0 Å². The molecule has 152 valence electrons. The van der Waals surface area contributed by atoms with Crippen molar-refractivity contribution in [2.24, 2.45) is 5.73 Å². The van der Waals surface area contributed by atoms with Crippen LogP contribution in [0.15, 0.2) is 12.5 Å². The molecule has 0 bridgehead atoms. The summed E-state index contributed by atoms with van der Waals surface area (Å²) < 4.78 is 0. The molecule has 0 saturated carbocycles. The Morgan fingerprint density at radius 2 is 2.18 bits per heavy atom. The van der Waals surface area contributed by atoms with Gasteiger partial charge in [0.1, 0.15) is 18.1 Å². The van der Waals surface area contributed by atoms with Gasteiger partial charge in [-0.05, 0) is 26.7 Å². The van der Waals surface area contributed by atoms with Crippen molar-refractivity contribution >= 4 is 23.8 Å². The van der Waals surface area contributed by atoms with Crippen LogP contribution in [0, 0.1) is 0 Å². The van der Waals surface area contributed by atoms with Gasteiger partial charge in [-0.1, -0.05) is 0 Å². The molecule has 0 aromatic carbocycles. The minimum atomic E-state index is -0.941. The lowest BCUT2D eigenvalue weighted by Gasteiger charge is -2.30. The number of nitrogens with two attached hydrogens (primary N) is 1. The molecule has 2 saturated heterocycles. The molecule has 3 atom stereocenters. The predicted molar refractivity (Wildman–Crippen MR) is 97.7 cm³/mol. The monoisotopic (exact) mass is 391 g/mol. The summed E-state index contributed by atoms with van der Waals surface area (Å²) in [5.74, 6) is -1.45. The fourth-order valence-electron chi connectivity index (χ4n) is 3.70. The highest BCUT2D eigenvalue weighted by atomic mass is 16.2. The molecule has 1 aromatic rings. The minimum absolute atomic E-state index is 0.143. The van der Waals surface area contributed by atoms with Crippen LogP contribution in [0.2, 0.25) is 0 Å². The summed E-state index contributed by atoms with van der Waals surface area (Å²) in [6.45, 7) is 3.82. The van der Waals surface area contributed by atoms with Gasteiger partial charge >= 0.3 is 6.03 Å². The molecule has 2 fully saturated rings. The fraction of sp³-hybridized carbons (Fsp3) is 0.588. The highest BCUT2D eigenvalue weighted by Gasteiger charge is 2.45. The number of primary amides is 1. The van der Waals surface area contributed by atoms with E-state index in [2.05, 4.69) is 25.9 Å². The average Bonchev–Trinajstić information content (AvgIpc) is 3.33. The third-order valence-electron chi connectivity index (χ3n) is 5.14. The Morgan fingerprint density at radius 1 is 1.43 bits per heavy atom. The number of likely N-dealkylation sites (tertiary alicyclic amines) is 1. The second-order valence-electron chi connectivity index (χ2n) is 7.67. The third-order valence-corrected chi connectivity index (χ3v) is 5.14. The van der Waals surface area contributed by atoms with Crippen LogP contribution in [0.25, 0.3) is 0 Å². The number of urea groups is 1. The molecular weight excluding hydrogens is 366 g/mol. The van der Waals surface area contributed by atoms with E-state index >= 15 is 0 Å². The standard InChI is InChI=1S/C17H25N7O4/c1-17(2)12(22-16(28)23-17)14(26)21-10(6-9-7-19-8-20-9)15(27)24-5-3-4-11(24)13(18)25/h7-8,10-12H,3-6H2,1-2H3,(H2,18,25)(H,19,20)(H,21,26)(H2,22,23,28). The normalized spacial score (nSPS) is 24.4. The zero-order chi connectivity index (χ0) is 20.5. The van der Waals surface area contributed by atoms with Gasteiger partial charge < -0.3 is 31.6 Å². The minimum Gasteiger partial charge on any atom is -0.368 e. The summed E-state index contributed by atoms with van der Waals surface area (Å²) in [6.07, 6.45) is 4.41. The lowest BCUT2D eigenvalue weighted by atomic mass is 9.95. The Morgan fingerprint density at radius 3 is 2.75 bits per heavy atom. The summed E-state index contributed by atoms with van der Waals surface area (Å²) in [7, 11) is 0. The maximum absolute atomic E-state index is 13.1. The smallest absolute Gasteiger partial charge is 0.316 e. The lowest BCUT2D eigenvalue weighted by Crippen LogP contribution is -2.59. The quantitative estimate of drug-likeness (QED) is 0.393. The van der Waals surface area contributed by atoms with Crippen molar-refractivity contribution in [1.82, 2.24) is 30.8 Å². The van der Waals surface area contributed by atoms with Crippen molar-refractivity contribution in [3.05, 3.63) is 18.2 Å². The first-order chi connectivity index (χ1) is 13.2. The van der Waals surface area contributed by atoms with Gasteiger partial charge in [0, 0.05) is 19.2 Å². The Labute approximate surface area is 161 Å². The second kappa shape index (κ2) is 7.49. The molecule has 1 aromatic heterocycles. The number of hydrogen-bond donors (Lipinski definition) is 5. The summed E-state index contributed by atoms with van der Waals surface area (Å²) in [6, 6.07) is -2.92. The molecule has 2 aliphatic heterocycles. The van der Waals surface area contributed by atoms with Crippen molar-refractivity contribution in [2.45, 2.75) is 56.8 Å². The number of carbonyl (C=O) groups is 4. The molecule has 6 N–H and O–H groups in total. The number of aromatic nitrogens is 2. The summed E-state index contributed by atoms with van der Waals surface area (Å²) in [5.41, 5.74) is 5.19. The first-order valence-corrected chi connectivity index (χ1v) is 9.15. The number of hydrogen-bond acceptors (Lipinski definition) is 5. The van der Waals surface area contributed by atoms with Gasteiger partial charge in [0.25, 0.3) is 0 Å². The van der Waals surface area contributed by atoms with Crippen LogP contribution >= 0.6 is 0 Å². The van der Waals surface area contributed by atoms with E-state index in [4.69, 9.17) is 5.73 Å². The number of H-pyrrole nitrogens is 1. The van der Waals surface area contributed by atoms with Crippen LogP contribution in [-0.2, 0) is 20.8 Å². The van der Waals surface area contributed by atoms with Gasteiger partial charge in [-0.2, -0.15) is 0 Å². The van der Waals surface area contributed by atoms with E-state index in [-0.39, 0.29) is 6.42 Å². The van der Waals surface area contributed by atoms with Gasteiger partial charge in [0.2, 0.25) is 17.7 Å². The van der Waals surface area contributed by atoms with E-state index in [1.54, 1.807) is 20.0 Å². The maximum atomic E-state index is 13.1. The van der Waals surface area contributed by atoms with Crippen molar-refractivity contribution in [2.75, 3.05) is 6.54 Å². The first kappa shape index (κ1) is 19.6. The highest BCUT2D eigenvalue weighted by Crippen LogP contribution is 2.20. The van der Waals surface area contributed by atoms with E-state index in [1.807, 2.05) is 0 Å². The maximum Gasteiger partial charge on any atom is 0.316 e. The fourth-order valence-corrected chi connectivity index (χ4v) is 3.70. The Balaban J connectivity index is 1.79. The van der Waals surface area contributed by atoms with Crippen molar-refractivity contribution in [3.63, 3.8) is 0 Å². The molecule has 0 aliphatic carbocycles. The Hall–Kier alpha value is -3.11. The average molecular weight is 391 g/mol. The van der Waals surface area contributed by atoms with Crippen LogP contribution < -0.4 is 21.7 Å². The summed E-state index contributed by atoms with van der Waals surface area (Å²) >= 11 is 0. The number of carbonyl (C=O) groups excluding carboxylic acids is 4. The zero-order valence-corrected chi connectivity index (χ0v) is 15.8. The van der Waals surface area contributed by atoms with E-state index in [1.165, 1.54) is 11.2 Å². The molecule has 3 rings (SSSR count). The molecule has 11 heteroatoms. The van der Waals surface area contributed by atoms with Gasteiger partial charge in [0.15, 0.2) is 0 Å². The Kier molecular flexibility index (Phi) is 5.25. The van der Waals surface area contributed by atoms with Gasteiger partial charge in [-0.3, -0.25) is 14.4 Å². The largest absolute Gasteiger partial charge is 0.368 e. The first-order valence-electron chi connectivity index (χ1n) is 9.15. The highest BCUT2D eigenvalue weighted by molar-refractivity contribution is 5.96. The van der Waals surface area contributed by atoms with Gasteiger partial charge in [0.05, 0.1) is 17.6 Å². The van der Waals surface area contributed by atoms with Crippen LogP contribution in [0.1, 0.15) is 32.4 Å². The lowest BCUT2D eigenvalue weighted by molar-refractivity contribution is -0.141. The SMILES string of the molecule is CC1(C)NC(=O)NC1C(=O)NC(Cc1c[nH]cn1)C(=O)N1CCCC1C(N)=O. The van der Waals surface area contributed by atoms with Crippen LogP contribution in [0.4, 0.5) is 4.79 Å².